The van der Waals surface area contributed by atoms with Crippen LogP contribution in [0.3, 0.4) is 0 Å². The molecule has 2 heteroatoms. The summed E-state index contributed by atoms with van der Waals surface area (Å²) in [5.41, 5.74) is 30.0. The molecule has 0 aromatic heterocycles. The van der Waals surface area contributed by atoms with Crippen LogP contribution in [0.15, 0.2) is 218 Å². The van der Waals surface area contributed by atoms with Crippen LogP contribution in [0.1, 0.15) is 83.3 Å². The molecule has 0 fully saturated rings. The molecule has 0 saturated heterocycles. The molecule has 1 spiro atoms. The summed E-state index contributed by atoms with van der Waals surface area (Å²) in [5, 5.41) is 0. The van der Waals surface area contributed by atoms with Gasteiger partial charge in [0.1, 0.15) is 0 Å². The van der Waals surface area contributed by atoms with Crippen LogP contribution in [-0.2, 0) is 16.2 Å². The number of hydrogen-bond donors (Lipinski definition) is 0. The summed E-state index contributed by atoms with van der Waals surface area (Å²) in [5.74, 6) is 0. The third-order valence-corrected chi connectivity index (χ3v) is 16.8. The molecular formula is C69H54N2. The maximum Gasteiger partial charge on any atom is 0.0727 e. The first-order valence-corrected chi connectivity index (χ1v) is 25.3. The second kappa shape index (κ2) is 14.9. The van der Waals surface area contributed by atoms with Crippen molar-refractivity contribution in [3.8, 4) is 44.5 Å². The van der Waals surface area contributed by atoms with E-state index in [4.69, 9.17) is 0 Å². The van der Waals surface area contributed by atoms with E-state index in [-0.39, 0.29) is 10.8 Å². The standard InChI is InChI=1S/C69H54N2/c1-43-37-49(70(45-21-9-7-10-22-45)47-33-35-55-51-25-13-17-29-57(51)67(3,4)61(55)39-47)41-63-65(43)66-44(2)38-50(42-64(66)69(63)59-31-19-15-27-53(59)54-28-16-20-32-60(54)69)71(46-23-11-8-12-24-46)48-34-36-56-52-26-14-18-30-58(52)68(5,6)62(56)40-48/h7-42H,1-6H3. The zero-order chi connectivity index (χ0) is 48.0. The molecular weight excluding hydrogens is 857 g/mol. The molecule has 71 heavy (non-hydrogen) atoms. The lowest BCUT2D eigenvalue weighted by atomic mass is 9.70. The molecule has 0 N–H and O–H groups in total. The second-order valence-electron chi connectivity index (χ2n) is 21.4. The monoisotopic (exact) mass is 910 g/mol. The van der Waals surface area contributed by atoms with E-state index in [2.05, 4.69) is 270 Å². The Kier molecular flexibility index (Phi) is 8.76. The van der Waals surface area contributed by atoms with E-state index in [9.17, 15) is 0 Å². The van der Waals surface area contributed by atoms with Crippen molar-refractivity contribution in [3.63, 3.8) is 0 Å². The van der Waals surface area contributed by atoms with Gasteiger partial charge in [-0.3, -0.25) is 0 Å². The zero-order valence-electron chi connectivity index (χ0n) is 41.2. The quantitative estimate of drug-likeness (QED) is 0.164. The van der Waals surface area contributed by atoms with E-state index >= 15 is 0 Å². The Bertz CT molecular complexity index is 3600. The number of para-hydroxylation sites is 2. The highest BCUT2D eigenvalue weighted by Gasteiger charge is 2.53. The summed E-state index contributed by atoms with van der Waals surface area (Å²) in [6.45, 7) is 14.2. The topological polar surface area (TPSA) is 6.48 Å². The highest BCUT2D eigenvalue weighted by Crippen LogP contribution is 2.65. The van der Waals surface area contributed by atoms with Crippen LogP contribution in [-0.4, -0.2) is 0 Å². The number of rotatable bonds is 6. The van der Waals surface area contributed by atoms with Gasteiger partial charge >= 0.3 is 0 Å². The first-order valence-electron chi connectivity index (χ1n) is 25.3. The van der Waals surface area contributed by atoms with E-state index in [1.807, 2.05) is 0 Å². The Labute approximate surface area is 418 Å². The molecule has 2 nitrogen and oxygen atoms in total. The van der Waals surface area contributed by atoms with Crippen LogP contribution >= 0.6 is 0 Å². The predicted molar refractivity (Wildman–Crippen MR) is 297 cm³/mol. The molecule has 14 rings (SSSR count). The number of aryl methyl sites for hydroxylation is 2. The van der Waals surface area contributed by atoms with E-state index in [0.717, 1.165) is 34.1 Å². The van der Waals surface area contributed by atoms with Gasteiger partial charge in [-0.1, -0.05) is 173 Å². The molecule has 0 aliphatic heterocycles. The fraction of sp³-hybridized carbons (Fsp3) is 0.130. The molecule has 10 aromatic carbocycles. The SMILES string of the molecule is Cc1cc(N(c2ccccc2)c2ccc3c(c2)C(C)(C)c2ccccc2-3)cc2c1-c1c(C)cc(N(c3ccccc3)c3ccc4c(c3)C(C)(C)c3ccccc3-4)cc1C21c2ccccc2-c2ccccc21. The molecule has 0 amide bonds. The first-order chi connectivity index (χ1) is 34.6. The average Bonchev–Trinajstić information content (AvgIpc) is 4.03. The second-order valence-corrected chi connectivity index (χ2v) is 21.4. The van der Waals surface area contributed by atoms with Crippen LogP contribution in [0.2, 0.25) is 0 Å². The van der Waals surface area contributed by atoms with Crippen molar-refractivity contribution in [2.45, 2.75) is 57.8 Å². The molecule has 4 aliphatic carbocycles. The van der Waals surface area contributed by atoms with E-state index < -0.39 is 5.41 Å². The van der Waals surface area contributed by atoms with Gasteiger partial charge in [-0.15, -0.1) is 0 Å². The fourth-order valence-electron chi connectivity index (χ4n) is 13.7. The molecule has 4 aliphatic rings. The minimum absolute atomic E-state index is 0.134. The van der Waals surface area contributed by atoms with Gasteiger partial charge < -0.3 is 9.80 Å². The Morgan fingerprint density at radius 3 is 0.958 bits per heavy atom. The fourth-order valence-corrected chi connectivity index (χ4v) is 13.7. The van der Waals surface area contributed by atoms with E-state index in [1.54, 1.807) is 0 Å². The van der Waals surface area contributed by atoms with Gasteiger partial charge in [0, 0.05) is 45.0 Å². The molecule has 0 atom stereocenters. The highest BCUT2D eigenvalue weighted by atomic mass is 15.1. The summed E-state index contributed by atoms with van der Waals surface area (Å²) in [6, 6.07) is 82.6. The number of nitrogens with zero attached hydrogens (tertiary/aromatic N) is 2. The number of hydrogen-bond acceptors (Lipinski definition) is 2. The summed E-state index contributed by atoms with van der Waals surface area (Å²) in [6.07, 6.45) is 0. The smallest absolute Gasteiger partial charge is 0.0727 e. The predicted octanol–water partition coefficient (Wildman–Crippen LogP) is 18.2. The van der Waals surface area contributed by atoms with Crippen LogP contribution in [0.25, 0.3) is 44.5 Å². The molecule has 0 radical (unpaired) electrons. The zero-order valence-corrected chi connectivity index (χ0v) is 41.2. The van der Waals surface area contributed by atoms with Gasteiger partial charge in [0.25, 0.3) is 0 Å². The number of benzene rings is 10. The Hall–Kier alpha value is -8.20. The normalized spacial score (nSPS) is 15.0. The number of fused-ring (bicyclic) bond motifs is 16. The van der Waals surface area contributed by atoms with Gasteiger partial charge in [-0.2, -0.15) is 0 Å². The minimum atomic E-state index is -0.590. The van der Waals surface area contributed by atoms with Crippen molar-refractivity contribution in [1.82, 2.24) is 0 Å². The maximum atomic E-state index is 2.55. The van der Waals surface area contributed by atoms with Crippen molar-refractivity contribution >= 4 is 34.1 Å². The third kappa shape index (κ3) is 5.65. The Morgan fingerprint density at radius 2 is 0.563 bits per heavy atom. The molecule has 0 saturated carbocycles. The van der Waals surface area contributed by atoms with Crippen LogP contribution in [0, 0.1) is 13.8 Å². The molecule has 0 unspecified atom stereocenters. The molecule has 0 heterocycles. The third-order valence-electron chi connectivity index (χ3n) is 16.8. The number of anilines is 6. The van der Waals surface area contributed by atoms with Crippen LogP contribution in [0.4, 0.5) is 34.1 Å². The van der Waals surface area contributed by atoms with Crippen molar-refractivity contribution < 1.29 is 0 Å². The summed E-state index contributed by atoms with van der Waals surface area (Å²) in [4.78, 5) is 5.00. The van der Waals surface area contributed by atoms with Crippen LogP contribution in [0.5, 0.6) is 0 Å². The lowest BCUT2D eigenvalue weighted by Crippen LogP contribution is -2.27. The Balaban J connectivity index is 1.02. The van der Waals surface area contributed by atoms with E-state index in [0.29, 0.717) is 0 Å². The first kappa shape index (κ1) is 41.7. The van der Waals surface area contributed by atoms with Crippen LogP contribution < -0.4 is 9.80 Å². The Morgan fingerprint density at radius 1 is 0.254 bits per heavy atom. The lowest BCUT2D eigenvalue weighted by Gasteiger charge is -2.34. The largest absolute Gasteiger partial charge is 0.310 e. The molecule has 10 aromatic rings. The van der Waals surface area contributed by atoms with Gasteiger partial charge in [-0.25, -0.2) is 0 Å². The van der Waals surface area contributed by atoms with Crippen molar-refractivity contribution in [1.29, 1.82) is 0 Å². The molecule has 0 bridgehead atoms. The van der Waals surface area contributed by atoms with Gasteiger partial charge in [0.05, 0.1) is 5.41 Å². The van der Waals surface area contributed by atoms with Gasteiger partial charge in [0.2, 0.25) is 0 Å². The average molecular weight is 911 g/mol. The minimum Gasteiger partial charge on any atom is -0.310 e. The van der Waals surface area contributed by atoms with Crippen molar-refractivity contribution in [2.24, 2.45) is 0 Å². The summed E-state index contributed by atoms with van der Waals surface area (Å²) >= 11 is 0. The van der Waals surface area contributed by atoms with Crippen molar-refractivity contribution in [2.75, 3.05) is 9.80 Å². The maximum absolute atomic E-state index is 2.55. The molecule has 340 valence electrons. The summed E-state index contributed by atoms with van der Waals surface area (Å²) in [7, 11) is 0. The highest BCUT2D eigenvalue weighted by molar-refractivity contribution is 6.00. The van der Waals surface area contributed by atoms with Gasteiger partial charge in [0.15, 0.2) is 0 Å². The van der Waals surface area contributed by atoms with Crippen molar-refractivity contribution in [3.05, 3.63) is 274 Å². The van der Waals surface area contributed by atoms with Gasteiger partial charge in [-0.05, 0) is 187 Å². The lowest BCUT2D eigenvalue weighted by molar-refractivity contribution is 0.660. The summed E-state index contributed by atoms with van der Waals surface area (Å²) < 4.78 is 0. The van der Waals surface area contributed by atoms with E-state index in [1.165, 1.54) is 100 Å².